The van der Waals surface area contributed by atoms with Crippen molar-refractivity contribution in [2.45, 2.75) is 11.7 Å². The third-order valence-corrected chi connectivity index (χ3v) is 5.57. The second-order valence-corrected chi connectivity index (χ2v) is 7.98. The second kappa shape index (κ2) is 8.58. The molecule has 1 aliphatic heterocycles. The SMILES string of the molecule is CN(C)C1=NC(=O)[C@H](CC(=O)Nc2ccc(Cl)cc2C(=O)c2ccccc2)S1. The van der Waals surface area contributed by atoms with Crippen LogP contribution in [-0.2, 0) is 9.59 Å². The number of amidine groups is 1. The van der Waals surface area contributed by atoms with Crippen molar-refractivity contribution in [1.29, 1.82) is 0 Å². The van der Waals surface area contributed by atoms with Gasteiger partial charge in [-0.1, -0.05) is 53.7 Å². The summed E-state index contributed by atoms with van der Waals surface area (Å²) in [5.74, 6) is -0.950. The van der Waals surface area contributed by atoms with Crippen LogP contribution >= 0.6 is 23.4 Å². The number of nitrogens with zero attached hydrogens (tertiary/aromatic N) is 2. The number of hydrogen-bond donors (Lipinski definition) is 1. The van der Waals surface area contributed by atoms with Crippen molar-refractivity contribution in [3.8, 4) is 0 Å². The minimum absolute atomic E-state index is 0.0358. The van der Waals surface area contributed by atoms with Crippen molar-refractivity contribution in [2.24, 2.45) is 4.99 Å². The van der Waals surface area contributed by atoms with Crippen molar-refractivity contribution < 1.29 is 14.4 Å². The molecule has 0 spiro atoms. The van der Waals surface area contributed by atoms with Crippen molar-refractivity contribution in [3.63, 3.8) is 0 Å². The molecule has 0 bridgehead atoms. The lowest BCUT2D eigenvalue weighted by molar-refractivity contribution is -0.121. The molecule has 144 valence electrons. The van der Waals surface area contributed by atoms with Crippen LogP contribution in [0.5, 0.6) is 0 Å². The van der Waals surface area contributed by atoms with Gasteiger partial charge in [-0.25, -0.2) is 0 Å². The molecule has 0 saturated carbocycles. The summed E-state index contributed by atoms with van der Waals surface area (Å²) < 4.78 is 0. The van der Waals surface area contributed by atoms with Gasteiger partial charge in [-0.05, 0) is 18.2 Å². The molecule has 0 aromatic heterocycles. The lowest BCUT2D eigenvalue weighted by atomic mass is 10.0. The van der Waals surface area contributed by atoms with Crippen molar-refractivity contribution >= 4 is 51.8 Å². The molecular weight excluding hydrogens is 398 g/mol. The number of thioether (sulfide) groups is 1. The zero-order valence-electron chi connectivity index (χ0n) is 15.3. The number of aliphatic imine (C=N–C) groups is 1. The third-order valence-electron chi connectivity index (χ3n) is 4.02. The summed E-state index contributed by atoms with van der Waals surface area (Å²) in [6.45, 7) is 0. The van der Waals surface area contributed by atoms with Gasteiger partial charge in [0.2, 0.25) is 5.91 Å². The Morgan fingerprint density at radius 1 is 1.18 bits per heavy atom. The monoisotopic (exact) mass is 415 g/mol. The fraction of sp³-hybridized carbons (Fsp3) is 0.200. The Hall–Kier alpha value is -2.64. The molecule has 3 rings (SSSR count). The van der Waals surface area contributed by atoms with E-state index >= 15 is 0 Å². The minimum Gasteiger partial charge on any atom is -0.357 e. The number of ketones is 1. The summed E-state index contributed by atoms with van der Waals surface area (Å²) >= 11 is 7.31. The molecule has 6 nitrogen and oxygen atoms in total. The maximum absolute atomic E-state index is 12.8. The average Bonchev–Trinajstić information content (AvgIpc) is 3.04. The maximum Gasteiger partial charge on any atom is 0.262 e. The molecule has 0 fully saturated rings. The summed E-state index contributed by atoms with van der Waals surface area (Å²) in [7, 11) is 3.58. The first kappa shape index (κ1) is 20.1. The molecule has 1 heterocycles. The molecule has 0 aliphatic carbocycles. The summed E-state index contributed by atoms with van der Waals surface area (Å²) in [6.07, 6.45) is -0.0358. The largest absolute Gasteiger partial charge is 0.357 e. The summed E-state index contributed by atoms with van der Waals surface area (Å²) in [5.41, 5.74) is 1.14. The molecule has 28 heavy (non-hydrogen) atoms. The van der Waals surface area contributed by atoms with Crippen LogP contribution in [0.1, 0.15) is 22.3 Å². The molecule has 8 heteroatoms. The fourth-order valence-electron chi connectivity index (χ4n) is 2.63. The van der Waals surface area contributed by atoms with E-state index in [-0.39, 0.29) is 24.0 Å². The van der Waals surface area contributed by atoms with Crippen LogP contribution in [0.15, 0.2) is 53.5 Å². The maximum atomic E-state index is 12.8. The molecule has 1 aliphatic rings. The third kappa shape index (κ3) is 4.61. The molecule has 1 N–H and O–H groups in total. The van der Waals surface area contributed by atoms with Crippen molar-refractivity contribution in [1.82, 2.24) is 4.90 Å². The number of benzene rings is 2. The lowest BCUT2D eigenvalue weighted by Crippen LogP contribution is -2.23. The quantitative estimate of drug-likeness (QED) is 0.756. The van der Waals surface area contributed by atoms with Gasteiger partial charge in [0.25, 0.3) is 5.91 Å². The second-order valence-electron chi connectivity index (χ2n) is 6.37. The molecule has 0 radical (unpaired) electrons. The van der Waals surface area contributed by atoms with E-state index in [0.717, 1.165) is 0 Å². The first-order chi connectivity index (χ1) is 13.3. The van der Waals surface area contributed by atoms with Crippen LogP contribution in [0, 0.1) is 0 Å². The molecule has 2 aromatic rings. The lowest BCUT2D eigenvalue weighted by Gasteiger charge is -2.13. The highest BCUT2D eigenvalue weighted by atomic mass is 35.5. The Balaban J connectivity index is 1.75. The molecular formula is C20H18ClN3O3S. The van der Waals surface area contributed by atoms with Gasteiger partial charge in [-0.15, -0.1) is 0 Å². The number of halogens is 1. The average molecular weight is 416 g/mol. The number of rotatable bonds is 5. The number of hydrogen-bond acceptors (Lipinski definition) is 5. The van der Waals surface area contributed by atoms with Gasteiger partial charge in [0.1, 0.15) is 5.25 Å². The van der Waals surface area contributed by atoms with Gasteiger partial charge in [0, 0.05) is 36.7 Å². The highest BCUT2D eigenvalue weighted by Crippen LogP contribution is 2.28. The topological polar surface area (TPSA) is 78.8 Å². The normalized spacial score (nSPS) is 15.9. The predicted octanol–water partition coefficient (Wildman–Crippen LogP) is 3.46. The van der Waals surface area contributed by atoms with Gasteiger partial charge >= 0.3 is 0 Å². The van der Waals surface area contributed by atoms with Crippen LogP contribution < -0.4 is 5.32 Å². The van der Waals surface area contributed by atoms with E-state index in [1.54, 1.807) is 55.4 Å². The van der Waals surface area contributed by atoms with Gasteiger partial charge in [0.15, 0.2) is 11.0 Å². The Kier molecular flexibility index (Phi) is 6.16. The van der Waals surface area contributed by atoms with Gasteiger partial charge in [0.05, 0.1) is 5.69 Å². The number of anilines is 1. The van der Waals surface area contributed by atoms with E-state index in [4.69, 9.17) is 11.6 Å². The van der Waals surface area contributed by atoms with E-state index < -0.39 is 5.25 Å². The van der Waals surface area contributed by atoms with Gasteiger partial charge < -0.3 is 10.2 Å². The molecule has 1 atom stereocenters. The highest BCUT2D eigenvalue weighted by molar-refractivity contribution is 8.15. The Bertz CT molecular complexity index is 960. The Morgan fingerprint density at radius 3 is 2.54 bits per heavy atom. The van der Waals surface area contributed by atoms with E-state index in [2.05, 4.69) is 10.3 Å². The number of carbonyl (C=O) groups excluding carboxylic acids is 3. The summed E-state index contributed by atoms with van der Waals surface area (Å²) in [5, 5.41) is 3.13. The zero-order chi connectivity index (χ0) is 20.3. The van der Waals surface area contributed by atoms with Gasteiger partial charge in [-0.3, -0.25) is 14.4 Å². The first-order valence-corrected chi connectivity index (χ1v) is 9.76. The van der Waals surface area contributed by atoms with E-state index in [1.807, 2.05) is 6.07 Å². The standard InChI is InChI=1S/C20H18ClN3O3S/c1-24(2)20-23-19(27)16(28-20)11-17(25)22-15-9-8-13(21)10-14(15)18(26)12-6-4-3-5-7-12/h3-10,16H,11H2,1-2H3,(H,22,25)/t16-/m0/s1. The van der Waals surface area contributed by atoms with Crippen LogP contribution in [0.25, 0.3) is 0 Å². The van der Waals surface area contributed by atoms with E-state index in [9.17, 15) is 14.4 Å². The fourth-order valence-corrected chi connectivity index (χ4v) is 3.80. The number of nitrogens with one attached hydrogen (secondary N) is 1. The minimum atomic E-state index is -0.571. The molecule has 0 unspecified atom stereocenters. The van der Waals surface area contributed by atoms with Crippen LogP contribution in [0.2, 0.25) is 5.02 Å². The van der Waals surface area contributed by atoms with Crippen LogP contribution in [0.3, 0.4) is 0 Å². The predicted molar refractivity (Wildman–Crippen MR) is 112 cm³/mol. The summed E-state index contributed by atoms with van der Waals surface area (Å²) in [6, 6.07) is 13.4. The van der Waals surface area contributed by atoms with Crippen LogP contribution in [-0.4, -0.2) is 47.0 Å². The smallest absolute Gasteiger partial charge is 0.262 e. The molecule has 0 saturated heterocycles. The van der Waals surface area contributed by atoms with E-state index in [1.165, 1.54) is 17.8 Å². The van der Waals surface area contributed by atoms with Crippen LogP contribution in [0.4, 0.5) is 5.69 Å². The Morgan fingerprint density at radius 2 is 1.89 bits per heavy atom. The molecule has 2 aromatic carbocycles. The number of carbonyl (C=O) groups is 3. The van der Waals surface area contributed by atoms with Gasteiger partial charge in [-0.2, -0.15) is 4.99 Å². The summed E-state index contributed by atoms with van der Waals surface area (Å²) in [4.78, 5) is 43.0. The Labute approximate surface area is 172 Å². The van der Waals surface area contributed by atoms with Crippen molar-refractivity contribution in [3.05, 3.63) is 64.7 Å². The van der Waals surface area contributed by atoms with Crippen molar-refractivity contribution in [2.75, 3.05) is 19.4 Å². The highest BCUT2D eigenvalue weighted by Gasteiger charge is 2.31. The first-order valence-electron chi connectivity index (χ1n) is 8.51. The van der Waals surface area contributed by atoms with E-state index in [0.29, 0.717) is 27.0 Å². The number of amides is 2. The molecule has 2 amide bonds. The zero-order valence-corrected chi connectivity index (χ0v) is 16.9.